The number of likely N-dealkylation sites (tertiary alicyclic amines) is 1. The van der Waals surface area contributed by atoms with Gasteiger partial charge < -0.3 is 9.64 Å². The third kappa shape index (κ3) is 3.75. The summed E-state index contributed by atoms with van der Waals surface area (Å²) in [4.78, 5) is 17.1. The van der Waals surface area contributed by atoms with Crippen LogP contribution in [0.1, 0.15) is 32.3 Å². The number of nitrogens with zero attached hydrogens (tertiary/aromatic N) is 2. The Morgan fingerprint density at radius 1 is 1.26 bits per heavy atom. The molecule has 2 fully saturated rings. The van der Waals surface area contributed by atoms with Crippen LogP contribution in [0.25, 0.3) is 0 Å². The van der Waals surface area contributed by atoms with Gasteiger partial charge in [-0.3, -0.25) is 9.69 Å². The van der Waals surface area contributed by atoms with Crippen molar-refractivity contribution < 1.29 is 9.53 Å². The van der Waals surface area contributed by atoms with Gasteiger partial charge in [-0.15, -0.1) is 0 Å². The maximum absolute atomic E-state index is 12.6. The lowest BCUT2D eigenvalue weighted by Gasteiger charge is -2.34. The Hall–Kier alpha value is -1.39. The number of hydrogen-bond acceptors (Lipinski definition) is 3. The van der Waals surface area contributed by atoms with Crippen molar-refractivity contribution in [2.75, 3.05) is 32.8 Å². The molecule has 0 saturated carbocycles. The molecule has 2 atom stereocenters. The van der Waals surface area contributed by atoms with Crippen molar-refractivity contribution in [3.8, 4) is 0 Å². The molecule has 1 aromatic rings. The highest BCUT2D eigenvalue weighted by atomic mass is 16.5. The minimum atomic E-state index is -0.0359. The standard InChI is InChI=1S/C19H28N2O2/c1-3-16(2)20-9-10-23-15-19(13-20)11-18(22)21(14-19)12-17-7-5-4-6-8-17/h4-8,16H,3,9-15H2,1-2H3/t16-,19+/m0/s1. The minimum Gasteiger partial charge on any atom is -0.379 e. The number of carbonyl (C=O) groups excluding carboxylic acids is 1. The third-order valence-corrected chi connectivity index (χ3v) is 5.31. The number of benzene rings is 1. The zero-order chi connectivity index (χ0) is 16.3. The molecule has 1 amide bonds. The lowest BCUT2D eigenvalue weighted by atomic mass is 9.87. The van der Waals surface area contributed by atoms with E-state index in [1.807, 2.05) is 23.1 Å². The van der Waals surface area contributed by atoms with Gasteiger partial charge in [-0.1, -0.05) is 37.3 Å². The van der Waals surface area contributed by atoms with Crippen molar-refractivity contribution in [1.29, 1.82) is 0 Å². The van der Waals surface area contributed by atoms with Gasteiger partial charge in [0.15, 0.2) is 0 Å². The SMILES string of the molecule is CC[C@H](C)N1CCOC[C@]2(CC(=O)N(Cc3ccccc3)C2)C1. The largest absolute Gasteiger partial charge is 0.379 e. The first-order valence-electron chi connectivity index (χ1n) is 8.75. The van der Waals surface area contributed by atoms with Crippen molar-refractivity contribution in [1.82, 2.24) is 9.80 Å². The Bertz CT molecular complexity index is 533. The summed E-state index contributed by atoms with van der Waals surface area (Å²) in [6.45, 7) is 9.46. The van der Waals surface area contributed by atoms with Crippen molar-refractivity contribution in [3.05, 3.63) is 35.9 Å². The average molecular weight is 316 g/mol. The van der Waals surface area contributed by atoms with E-state index >= 15 is 0 Å². The first-order valence-corrected chi connectivity index (χ1v) is 8.75. The van der Waals surface area contributed by atoms with Gasteiger partial charge in [0, 0.05) is 44.1 Å². The molecule has 2 aliphatic rings. The zero-order valence-corrected chi connectivity index (χ0v) is 14.3. The van der Waals surface area contributed by atoms with Crippen LogP contribution in [0.3, 0.4) is 0 Å². The number of rotatable bonds is 4. The van der Waals surface area contributed by atoms with E-state index in [2.05, 4.69) is 30.9 Å². The Kier molecular flexibility index (Phi) is 5.02. The van der Waals surface area contributed by atoms with Crippen molar-refractivity contribution in [2.45, 2.75) is 39.3 Å². The number of carbonyl (C=O) groups is 1. The predicted molar refractivity (Wildman–Crippen MR) is 91.1 cm³/mol. The summed E-state index contributed by atoms with van der Waals surface area (Å²) < 4.78 is 5.88. The highest BCUT2D eigenvalue weighted by Gasteiger charge is 2.45. The Morgan fingerprint density at radius 2 is 2.04 bits per heavy atom. The monoisotopic (exact) mass is 316 g/mol. The molecule has 0 unspecified atom stereocenters. The first kappa shape index (κ1) is 16.5. The molecule has 1 aromatic carbocycles. The molecule has 126 valence electrons. The normalized spacial score (nSPS) is 27.4. The Morgan fingerprint density at radius 3 is 2.78 bits per heavy atom. The van der Waals surface area contributed by atoms with Crippen LogP contribution in [0.5, 0.6) is 0 Å². The van der Waals surface area contributed by atoms with Crippen LogP contribution in [-0.2, 0) is 16.1 Å². The van der Waals surface area contributed by atoms with Crippen molar-refractivity contribution in [2.24, 2.45) is 5.41 Å². The van der Waals surface area contributed by atoms with Crippen LogP contribution in [0.15, 0.2) is 30.3 Å². The van der Waals surface area contributed by atoms with Gasteiger partial charge in [-0.2, -0.15) is 0 Å². The van der Waals surface area contributed by atoms with E-state index in [9.17, 15) is 4.79 Å². The molecular weight excluding hydrogens is 288 g/mol. The molecule has 2 saturated heterocycles. The zero-order valence-electron chi connectivity index (χ0n) is 14.3. The molecule has 2 aliphatic heterocycles. The van der Waals surface area contributed by atoms with E-state index in [1.54, 1.807) is 0 Å². The summed E-state index contributed by atoms with van der Waals surface area (Å²) in [5, 5.41) is 0. The van der Waals surface area contributed by atoms with Crippen LogP contribution >= 0.6 is 0 Å². The number of ether oxygens (including phenoxy) is 1. The molecule has 0 radical (unpaired) electrons. The van der Waals surface area contributed by atoms with E-state index < -0.39 is 0 Å². The Balaban J connectivity index is 1.71. The van der Waals surface area contributed by atoms with Crippen LogP contribution < -0.4 is 0 Å². The van der Waals surface area contributed by atoms with Crippen LogP contribution in [-0.4, -0.2) is 54.6 Å². The summed E-state index contributed by atoms with van der Waals surface area (Å²) in [6.07, 6.45) is 1.75. The molecular formula is C19H28N2O2. The minimum absolute atomic E-state index is 0.0359. The topological polar surface area (TPSA) is 32.8 Å². The highest BCUT2D eigenvalue weighted by molar-refractivity contribution is 5.79. The second kappa shape index (κ2) is 7.02. The molecule has 23 heavy (non-hydrogen) atoms. The number of amides is 1. The molecule has 4 heteroatoms. The van der Waals surface area contributed by atoms with Gasteiger partial charge in [0.2, 0.25) is 5.91 Å². The second-order valence-corrected chi connectivity index (χ2v) is 7.19. The third-order valence-electron chi connectivity index (χ3n) is 5.31. The fourth-order valence-electron chi connectivity index (χ4n) is 3.79. The molecule has 3 rings (SSSR count). The van der Waals surface area contributed by atoms with Gasteiger partial charge in [-0.05, 0) is 18.9 Å². The maximum Gasteiger partial charge on any atom is 0.223 e. The van der Waals surface area contributed by atoms with E-state index in [0.717, 1.165) is 32.7 Å². The molecule has 2 heterocycles. The summed E-state index contributed by atoms with van der Waals surface area (Å²) in [7, 11) is 0. The summed E-state index contributed by atoms with van der Waals surface area (Å²) in [5.41, 5.74) is 1.16. The van der Waals surface area contributed by atoms with Crippen LogP contribution in [0.4, 0.5) is 0 Å². The lowest BCUT2D eigenvalue weighted by Crippen LogP contribution is -2.44. The smallest absolute Gasteiger partial charge is 0.223 e. The van der Waals surface area contributed by atoms with Gasteiger partial charge >= 0.3 is 0 Å². The molecule has 0 bridgehead atoms. The molecule has 0 aromatic heterocycles. The van der Waals surface area contributed by atoms with E-state index in [1.165, 1.54) is 5.56 Å². The van der Waals surface area contributed by atoms with Gasteiger partial charge in [0.25, 0.3) is 0 Å². The fraction of sp³-hybridized carbons (Fsp3) is 0.632. The maximum atomic E-state index is 12.6. The van der Waals surface area contributed by atoms with E-state index in [0.29, 0.717) is 25.6 Å². The molecule has 1 spiro atoms. The average Bonchev–Trinajstić information content (AvgIpc) is 2.73. The summed E-state index contributed by atoms with van der Waals surface area (Å²) >= 11 is 0. The molecule has 0 N–H and O–H groups in total. The number of hydrogen-bond donors (Lipinski definition) is 0. The highest BCUT2D eigenvalue weighted by Crippen LogP contribution is 2.35. The summed E-state index contributed by atoms with van der Waals surface area (Å²) in [6, 6.07) is 10.8. The summed E-state index contributed by atoms with van der Waals surface area (Å²) in [5.74, 6) is 0.267. The second-order valence-electron chi connectivity index (χ2n) is 7.19. The quantitative estimate of drug-likeness (QED) is 0.856. The van der Waals surface area contributed by atoms with E-state index in [-0.39, 0.29) is 11.3 Å². The van der Waals surface area contributed by atoms with Gasteiger partial charge in [-0.25, -0.2) is 0 Å². The van der Waals surface area contributed by atoms with Crippen LogP contribution in [0, 0.1) is 5.41 Å². The van der Waals surface area contributed by atoms with Crippen molar-refractivity contribution >= 4 is 5.91 Å². The molecule has 4 nitrogen and oxygen atoms in total. The van der Waals surface area contributed by atoms with E-state index in [4.69, 9.17) is 4.74 Å². The Labute approximate surface area is 139 Å². The van der Waals surface area contributed by atoms with Crippen molar-refractivity contribution in [3.63, 3.8) is 0 Å². The fourth-order valence-corrected chi connectivity index (χ4v) is 3.79. The van der Waals surface area contributed by atoms with Gasteiger partial charge in [0.05, 0.1) is 13.2 Å². The first-order chi connectivity index (χ1) is 11.1. The molecule has 0 aliphatic carbocycles. The van der Waals surface area contributed by atoms with Gasteiger partial charge in [0.1, 0.15) is 0 Å². The van der Waals surface area contributed by atoms with Crippen LogP contribution in [0.2, 0.25) is 0 Å². The lowest BCUT2D eigenvalue weighted by molar-refractivity contribution is -0.128. The predicted octanol–water partition coefficient (Wildman–Crippen LogP) is 2.54.